The van der Waals surface area contributed by atoms with Crippen LogP contribution in [0, 0.1) is 5.92 Å². The number of carbonyl (C=O) groups excluding carboxylic acids is 1. The van der Waals surface area contributed by atoms with E-state index >= 15 is 0 Å². The second-order valence-electron chi connectivity index (χ2n) is 9.03. The summed E-state index contributed by atoms with van der Waals surface area (Å²) >= 11 is 0. The van der Waals surface area contributed by atoms with E-state index < -0.39 is 11.5 Å². The van der Waals surface area contributed by atoms with Crippen LogP contribution in [0.3, 0.4) is 0 Å². The lowest BCUT2D eigenvalue weighted by Gasteiger charge is -2.37. The Hall–Kier alpha value is -2.82. The Labute approximate surface area is 191 Å². The summed E-state index contributed by atoms with van der Waals surface area (Å²) in [5.41, 5.74) is 1.61. The Bertz CT molecular complexity index is 885. The Balaban J connectivity index is 1.57. The highest BCUT2D eigenvalue weighted by Gasteiger charge is 2.43. The zero-order valence-corrected chi connectivity index (χ0v) is 19.2. The van der Waals surface area contributed by atoms with Crippen LogP contribution in [-0.2, 0) is 17.8 Å². The number of carboxylic acids is 1. The molecule has 1 fully saturated rings. The second kappa shape index (κ2) is 11.2. The topological polar surface area (TPSA) is 75.6 Å². The van der Waals surface area contributed by atoms with Crippen molar-refractivity contribution in [3.63, 3.8) is 0 Å². The summed E-state index contributed by atoms with van der Waals surface area (Å²) in [6, 6.07) is 15.3. The van der Waals surface area contributed by atoms with Crippen molar-refractivity contribution in [1.29, 1.82) is 0 Å². The van der Waals surface area contributed by atoms with Gasteiger partial charge in [-0.3, -0.25) is 4.79 Å². The van der Waals surface area contributed by atoms with E-state index in [-0.39, 0.29) is 11.8 Å². The zero-order chi connectivity index (χ0) is 23.0. The van der Waals surface area contributed by atoms with E-state index in [4.69, 9.17) is 4.74 Å². The number of rotatable bonds is 10. The second-order valence-corrected chi connectivity index (χ2v) is 9.03. The van der Waals surface area contributed by atoms with Crippen molar-refractivity contribution >= 4 is 11.9 Å². The molecule has 2 N–H and O–H groups in total. The van der Waals surface area contributed by atoms with Gasteiger partial charge in [-0.05, 0) is 73.9 Å². The Kier molecular flexibility index (Phi) is 8.32. The van der Waals surface area contributed by atoms with Gasteiger partial charge >= 0.3 is 5.97 Å². The van der Waals surface area contributed by atoms with Gasteiger partial charge in [0.05, 0.1) is 0 Å². The molecule has 0 radical (unpaired) electrons. The molecule has 0 saturated heterocycles. The first-order valence-electron chi connectivity index (χ1n) is 11.8. The monoisotopic (exact) mass is 437 g/mol. The van der Waals surface area contributed by atoms with Crippen molar-refractivity contribution in [3.05, 3.63) is 65.2 Å². The lowest BCUT2D eigenvalue weighted by atomic mass is 9.75. The molecule has 172 valence electrons. The van der Waals surface area contributed by atoms with Crippen molar-refractivity contribution < 1.29 is 19.4 Å². The van der Waals surface area contributed by atoms with Crippen LogP contribution in [0.25, 0.3) is 0 Å². The number of unbranched alkanes of at least 4 members (excludes halogenated alkanes) is 1. The van der Waals surface area contributed by atoms with Crippen LogP contribution in [0.4, 0.5) is 0 Å². The lowest BCUT2D eigenvalue weighted by molar-refractivity contribution is -0.146. The van der Waals surface area contributed by atoms with Crippen LogP contribution in [-0.4, -0.2) is 22.5 Å². The van der Waals surface area contributed by atoms with Crippen LogP contribution < -0.4 is 10.1 Å². The Morgan fingerprint density at radius 2 is 1.62 bits per heavy atom. The van der Waals surface area contributed by atoms with Crippen molar-refractivity contribution in [2.45, 2.75) is 77.4 Å². The number of carboxylic acid groups (broad SMARTS) is 1. The highest BCUT2D eigenvalue weighted by atomic mass is 16.5. The molecular weight excluding hydrogens is 402 g/mol. The summed E-state index contributed by atoms with van der Waals surface area (Å²) in [6.07, 6.45) is 8.29. The van der Waals surface area contributed by atoms with Crippen LogP contribution >= 0.6 is 0 Å². The fourth-order valence-electron chi connectivity index (χ4n) is 4.37. The van der Waals surface area contributed by atoms with E-state index in [1.165, 1.54) is 18.4 Å². The minimum atomic E-state index is -1.25. The molecule has 5 nitrogen and oxygen atoms in total. The highest BCUT2D eigenvalue weighted by Crippen LogP contribution is 2.33. The number of nitrogens with one attached hydrogen (secondary N) is 1. The molecule has 0 spiro atoms. The number of ether oxygens (including phenoxy) is 1. The van der Waals surface area contributed by atoms with Crippen molar-refractivity contribution in [3.8, 4) is 5.75 Å². The number of aryl methyl sites for hydroxylation is 1. The predicted octanol–water partition coefficient (Wildman–Crippen LogP) is 5.76. The maximum atomic E-state index is 12.8. The smallest absolute Gasteiger partial charge is 0.329 e. The van der Waals surface area contributed by atoms with Gasteiger partial charge in [0.1, 0.15) is 17.9 Å². The van der Waals surface area contributed by atoms with E-state index in [1.807, 2.05) is 0 Å². The third kappa shape index (κ3) is 6.12. The summed E-state index contributed by atoms with van der Waals surface area (Å²) in [4.78, 5) is 24.8. The van der Waals surface area contributed by atoms with Gasteiger partial charge in [-0.25, -0.2) is 4.79 Å². The van der Waals surface area contributed by atoms with E-state index in [0.29, 0.717) is 17.9 Å². The maximum Gasteiger partial charge on any atom is 0.329 e. The van der Waals surface area contributed by atoms with Crippen molar-refractivity contribution in [2.75, 3.05) is 0 Å². The number of benzene rings is 2. The third-order valence-corrected chi connectivity index (χ3v) is 6.60. The van der Waals surface area contributed by atoms with Gasteiger partial charge < -0.3 is 15.2 Å². The van der Waals surface area contributed by atoms with Gasteiger partial charge in [0.25, 0.3) is 5.91 Å². The highest BCUT2D eigenvalue weighted by molar-refractivity contribution is 5.98. The summed E-state index contributed by atoms with van der Waals surface area (Å²) in [5.74, 6) is -0.716. The molecule has 2 aromatic carbocycles. The predicted molar refractivity (Wildman–Crippen MR) is 126 cm³/mol. The van der Waals surface area contributed by atoms with E-state index in [1.54, 1.807) is 31.2 Å². The van der Waals surface area contributed by atoms with Gasteiger partial charge in [0, 0.05) is 5.56 Å². The van der Waals surface area contributed by atoms with Gasteiger partial charge in [0.2, 0.25) is 0 Å². The molecule has 1 aliphatic carbocycles. The first-order chi connectivity index (χ1) is 15.4. The van der Waals surface area contributed by atoms with Crippen molar-refractivity contribution in [2.24, 2.45) is 5.92 Å². The molecule has 0 aromatic heterocycles. The molecule has 0 bridgehead atoms. The number of hydrogen-bond acceptors (Lipinski definition) is 3. The van der Waals surface area contributed by atoms with E-state index in [0.717, 1.165) is 44.1 Å². The average molecular weight is 438 g/mol. The largest absolute Gasteiger partial charge is 0.489 e. The molecule has 0 aliphatic heterocycles. The number of hydrogen-bond donors (Lipinski definition) is 2. The molecule has 32 heavy (non-hydrogen) atoms. The molecule has 1 saturated carbocycles. The molecular formula is C27H35NO4. The number of amides is 1. The summed E-state index contributed by atoms with van der Waals surface area (Å²) in [5, 5.41) is 12.6. The molecule has 1 aliphatic rings. The minimum absolute atomic E-state index is 0.0475. The summed E-state index contributed by atoms with van der Waals surface area (Å²) in [7, 11) is 0. The molecule has 2 aromatic rings. The standard InChI is InChI=1S/C27H35NO4/c1-3-4-8-20-11-13-21(14-12-20)19-32-24-17-15-22(16-18-24)25(29)28-27(2,26(30)31)23-9-6-5-7-10-23/h11-18,23H,3-10,19H2,1-2H3,(H,28,29)(H,30,31)/t27-/m0/s1. The van der Waals surface area contributed by atoms with Crippen LogP contribution in [0.15, 0.2) is 48.5 Å². The molecule has 1 atom stereocenters. The fourth-order valence-corrected chi connectivity index (χ4v) is 4.37. The van der Waals surface area contributed by atoms with Gasteiger partial charge in [-0.2, -0.15) is 0 Å². The first-order valence-corrected chi connectivity index (χ1v) is 11.8. The number of carbonyl (C=O) groups is 2. The number of aliphatic carboxylic acids is 1. The van der Waals surface area contributed by atoms with E-state index in [2.05, 4.69) is 36.5 Å². The van der Waals surface area contributed by atoms with Gasteiger partial charge in [-0.15, -0.1) is 0 Å². The zero-order valence-electron chi connectivity index (χ0n) is 19.2. The SMILES string of the molecule is CCCCc1ccc(COc2ccc(C(=O)N[C@](C)(C(=O)O)C3CCCCC3)cc2)cc1. The molecule has 3 rings (SSSR count). The van der Waals surface area contributed by atoms with Crippen molar-refractivity contribution in [1.82, 2.24) is 5.32 Å². The summed E-state index contributed by atoms with van der Waals surface area (Å²) < 4.78 is 5.86. The minimum Gasteiger partial charge on any atom is -0.489 e. The normalized spacial score (nSPS) is 16.2. The Morgan fingerprint density at radius 3 is 2.22 bits per heavy atom. The van der Waals surface area contributed by atoms with Crippen LogP contribution in [0.1, 0.15) is 80.3 Å². The summed E-state index contributed by atoms with van der Waals surface area (Å²) in [6.45, 7) is 4.28. The fraction of sp³-hybridized carbons (Fsp3) is 0.481. The van der Waals surface area contributed by atoms with Gasteiger partial charge in [0.15, 0.2) is 0 Å². The quantitative estimate of drug-likeness (QED) is 0.495. The molecule has 5 heteroatoms. The maximum absolute atomic E-state index is 12.8. The van der Waals surface area contributed by atoms with E-state index in [9.17, 15) is 14.7 Å². The van der Waals surface area contributed by atoms with Crippen LogP contribution in [0.2, 0.25) is 0 Å². The first kappa shape index (κ1) is 23.8. The van der Waals surface area contributed by atoms with Gasteiger partial charge in [-0.1, -0.05) is 56.9 Å². The lowest BCUT2D eigenvalue weighted by Crippen LogP contribution is -2.57. The average Bonchev–Trinajstić information content (AvgIpc) is 2.82. The molecule has 0 unspecified atom stereocenters. The third-order valence-electron chi connectivity index (χ3n) is 6.60. The van der Waals surface area contributed by atoms with Crippen LogP contribution in [0.5, 0.6) is 5.75 Å². The Morgan fingerprint density at radius 1 is 1.00 bits per heavy atom. The molecule has 0 heterocycles. The molecule has 1 amide bonds.